The smallest absolute Gasteiger partial charge is 0.389 e. The number of amides is 1. The van der Waals surface area contributed by atoms with Gasteiger partial charge in [0.25, 0.3) is 5.91 Å². The highest BCUT2D eigenvalue weighted by molar-refractivity contribution is 6.19. The molecule has 198 valence electrons. The Morgan fingerprint density at radius 2 is 1.89 bits per heavy atom. The summed E-state index contributed by atoms with van der Waals surface area (Å²) in [5.41, 5.74) is 1.65. The van der Waals surface area contributed by atoms with E-state index in [-0.39, 0.29) is 24.7 Å². The number of carbonyl (C=O) groups excluding carboxylic acids is 1. The Labute approximate surface area is 213 Å². The molecule has 9 heteroatoms. The molecular weight excluding hydrogens is 488 g/mol. The van der Waals surface area contributed by atoms with Crippen molar-refractivity contribution in [1.29, 1.82) is 0 Å². The van der Waals surface area contributed by atoms with Crippen molar-refractivity contribution in [2.75, 3.05) is 13.7 Å². The molecule has 4 rings (SSSR count). The summed E-state index contributed by atoms with van der Waals surface area (Å²) in [6, 6.07) is 10.1. The van der Waals surface area contributed by atoms with Crippen LogP contribution in [0.1, 0.15) is 61.8 Å². The van der Waals surface area contributed by atoms with Crippen LogP contribution in [0.2, 0.25) is 0 Å². The quantitative estimate of drug-likeness (QED) is 0.285. The second kappa shape index (κ2) is 9.93. The van der Waals surface area contributed by atoms with Crippen molar-refractivity contribution in [1.82, 2.24) is 5.32 Å². The fourth-order valence-electron chi connectivity index (χ4n) is 5.16. The van der Waals surface area contributed by atoms with E-state index in [4.69, 9.17) is 4.74 Å². The number of benzene rings is 2. The van der Waals surface area contributed by atoms with E-state index in [2.05, 4.69) is 10.3 Å². The molecule has 0 bridgehead atoms. The molecule has 2 aliphatic rings. The number of aliphatic hydroxyl groups is 1. The van der Waals surface area contributed by atoms with E-state index in [1.807, 2.05) is 12.1 Å². The van der Waals surface area contributed by atoms with Crippen molar-refractivity contribution < 1.29 is 32.2 Å². The van der Waals surface area contributed by atoms with E-state index in [1.165, 1.54) is 12.3 Å². The molecule has 2 aromatic rings. The summed E-state index contributed by atoms with van der Waals surface area (Å²) >= 11 is 0. The molecule has 37 heavy (non-hydrogen) atoms. The minimum Gasteiger partial charge on any atom is -0.493 e. The predicted molar refractivity (Wildman–Crippen MR) is 133 cm³/mol. The SMILES string of the molecule is CN=CC1=C(c2ccc(C(C)(C)O)cc2)C[C@]2(CCc3cc(OCCCC(F)(F)F)cc(F)c32)NC1=O. The molecule has 0 unspecified atom stereocenters. The molecule has 0 radical (unpaired) electrons. The lowest BCUT2D eigenvalue weighted by Gasteiger charge is -2.37. The Kier molecular flexibility index (Phi) is 7.21. The molecule has 1 spiro atoms. The normalized spacial score (nSPS) is 20.1. The highest BCUT2D eigenvalue weighted by Gasteiger charge is 2.46. The molecule has 2 aromatic carbocycles. The number of fused-ring (bicyclic) bond motifs is 2. The summed E-state index contributed by atoms with van der Waals surface area (Å²) in [6.45, 7) is 3.20. The van der Waals surface area contributed by atoms with Crippen LogP contribution >= 0.6 is 0 Å². The third-order valence-corrected chi connectivity index (χ3v) is 6.92. The zero-order chi connectivity index (χ0) is 27.0. The summed E-state index contributed by atoms with van der Waals surface area (Å²) in [4.78, 5) is 17.3. The molecule has 5 nitrogen and oxygen atoms in total. The Bertz CT molecular complexity index is 1240. The van der Waals surface area contributed by atoms with Gasteiger partial charge < -0.3 is 15.2 Å². The van der Waals surface area contributed by atoms with Crippen molar-refractivity contribution in [3.05, 3.63) is 70.0 Å². The van der Waals surface area contributed by atoms with Gasteiger partial charge >= 0.3 is 6.18 Å². The number of halogens is 4. The summed E-state index contributed by atoms with van der Waals surface area (Å²) in [7, 11) is 1.57. The van der Waals surface area contributed by atoms with Crippen LogP contribution in [0.15, 0.2) is 47.0 Å². The fourth-order valence-corrected chi connectivity index (χ4v) is 5.16. The van der Waals surface area contributed by atoms with Crippen LogP contribution in [0.4, 0.5) is 17.6 Å². The Balaban J connectivity index is 1.65. The number of ether oxygens (including phenoxy) is 1. The van der Waals surface area contributed by atoms with E-state index in [0.29, 0.717) is 36.0 Å². The van der Waals surface area contributed by atoms with Gasteiger partial charge in [-0.15, -0.1) is 0 Å². The lowest BCUT2D eigenvalue weighted by molar-refractivity contribution is -0.136. The summed E-state index contributed by atoms with van der Waals surface area (Å²) in [6.07, 6.45) is -2.68. The Hall–Kier alpha value is -3.20. The maximum atomic E-state index is 15.5. The number of hydrogen-bond acceptors (Lipinski definition) is 4. The van der Waals surface area contributed by atoms with Crippen molar-refractivity contribution >= 4 is 17.7 Å². The van der Waals surface area contributed by atoms with E-state index in [0.717, 1.165) is 16.7 Å². The Morgan fingerprint density at radius 1 is 1.19 bits per heavy atom. The van der Waals surface area contributed by atoms with Gasteiger partial charge in [-0.25, -0.2) is 4.39 Å². The maximum Gasteiger partial charge on any atom is 0.389 e. The molecule has 1 amide bonds. The standard InChI is InChI=1S/C28H30F4N2O3/c1-26(2,36)19-7-5-17(6-8-19)21-15-27(34-25(35)22(21)16-33-3)11-9-18-13-20(14-23(29)24(18)27)37-12-4-10-28(30,31)32/h5-8,13-14,16,36H,4,9-12,15H2,1-3H3,(H,34,35)/t27-/m0/s1. The van der Waals surface area contributed by atoms with E-state index < -0.39 is 29.6 Å². The fraction of sp³-hybridized carbons (Fsp3) is 0.429. The average Bonchev–Trinajstić information content (AvgIpc) is 3.15. The van der Waals surface area contributed by atoms with Crippen LogP contribution in [-0.2, 0) is 22.4 Å². The molecular formula is C28H30F4N2O3. The van der Waals surface area contributed by atoms with Crippen LogP contribution in [0.3, 0.4) is 0 Å². The number of carbonyl (C=O) groups is 1. The number of alkyl halides is 3. The number of nitrogens with zero attached hydrogens (tertiary/aromatic N) is 1. The van der Waals surface area contributed by atoms with Crippen molar-refractivity contribution in [2.24, 2.45) is 4.99 Å². The van der Waals surface area contributed by atoms with Crippen molar-refractivity contribution in [2.45, 2.75) is 63.3 Å². The van der Waals surface area contributed by atoms with E-state index in [9.17, 15) is 23.1 Å². The minimum absolute atomic E-state index is 0.174. The third kappa shape index (κ3) is 5.71. The lowest BCUT2D eigenvalue weighted by Crippen LogP contribution is -2.49. The van der Waals surface area contributed by atoms with Crippen LogP contribution in [-0.4, -0.2) is 37.1 Å². The van der Waals surface area contributed by atoms with E-state index >= 15 is 4.39 Å². The van der Waals surface area contributed by atoms with Gasteiger partial charge in [-0.2, -0.15) is 13.2 Å². The predicted octanol–water partition coefficient (Wildman–Crippen LogP) is 5.59. The molecule has 1 atom stereocenters. The molecule has 2 N–H and O–H groups in total. The molecule has 0 aromatic heterocycles. The molecule has 0 fully saturated rings. The first kappa shape index (κ1) is 26.9. The zero-order valence-corrected chi connectivity index (χ0v) is 21.0. The minimum atomic E-state index is -4.26. The van der Waals surface area contributed by atoms with Crippen LogP contribution in [0.5, 0.6) is 5.75 Å². The highest BCUT2D eigenvalue weighted by atomic mass is 19.4. The number of aryl methyl sites for hydroxylation is 1. The van der Waals surface area contributed by atoms with Crippen molar-refractivity contribution in [3.63, 3.8) is 0 Å². The maximum absolute atomic E-state index is 15.5. The average molecular weight is 519 g/mol. The van der Waals surface area contributed by atoms with Gasteiger partial charge in [-0.1, -0.05) is 24.3 Å². The molecule has 1 aliphatic carbocycles. The van der Waals surface area contributed by atoms with Gasteiger partial charge in [0.15, 0.2) is 0 Å². The van der Waals surface area contributed by atoms with Crippen LogP contribution in [0.25, 0.3) is 5.57 Å². The highest BCUT2D eigenvalue weighted by Crippen LogP contribution is 2.48. The first-order chi connectivity index (χ1) is 17.3. The second-order valence-electron chi connectivity index (χ2n) is 10.1. The van der Waals surface area contributed by atoms with Gasteiger partial charge in [0.1, 0.15) is 11.6 Å². The van der Waals surface area contributed by atoms with Gasteiger partial charge in [0.05, 0.1) is 23.3 Å². The van der Waals surface area contributed by atoms with Gasteiger partial charge in [0.2, 0.25) is 0 Å². The largest absolute Gasteiger partial charge is 0.493 e. The second-order valence-corrected chi connectivity index (χ2v) is 10.1. The molecule has 1 aliphatic heterocycles. The van der Waals surface area contributed by atoms with Crippen LogP contribution < -0.4 is 10.1 Å². The van der Waals surface area contributed by atoms with E-state index in [1.54, 1.807) is 39.1 Å². The number of nitrogens with one attached hydrogen (secondary N) is 1. The summed E-state index contributed by atoms with van der Waals surface area (Å²) in [5, 5.41) is 13.3. The monoisotopic (exact) mass is 518 g/mol. The third-order valence-electron chi connectivity index (χ3n) is 6.92. The first-order valence-corrected chi connectivity index (χ1v) is 12.2. The Morgan fingerprint density at radius 3 is 2.51 bits per heavy atom. The van der Waals surface area contributed by atoms with Gasteiger partial charge in [-0.05, 0) is 61.4 Å². The number of rotatable bonds is 7. The summed E-state index contributed by atoms with van der Waals surface area (Å²) in [5.74, 6) is -0.752. The van der Waals surface area contributed by atoms with Gasteiger partial charge in [-0.3, -0.25) is 9.79 Å². The lowest BCUT2D eigenvalue weighted by atomic mass is 9.77. The zero-order valence-electron chi connectivity index (χ0n) is 21.0. The molecule has 1 heterocycles. The first-order valence-electron chi connectivity index (χ1n) is 12.2. The van der Waals surface area contributed by atoms with Gasteiger partial charge in [0, 0.05) is 37.7 Å². The number of hydrogen-bond donors (Lipinski definition) is 2. The topological polar surface area (TPSA) is 70.9 Å². The summed E-state index contributed by atoms with van der Waals surface area (Å²) < 4.78 is 58.1. The molecule has 0 saturated carbocycles. The molecule has 0 saturated heterocycles. The van der Waals surface area contributed by atoms with Crippen LogP contribution in [0, 0.1) is 5.82 Å². The van der Waals surface area contributed by atoms with Crippen molar-refractivity contribution in [3.8, 4) is 5.75 Å². The number of aliphatic imine (C=N–C) groups is 1.